The van der Waals surface area contributed by atoms with Crippen molar-refractivity contribution in [1.82, 2.24) is 4.90 Å². The first kappa shape index (κ1) is 11.9. The second kappa shape index (κ2) is 5.15. The van der Waals surface area contributed by atoms with Crippen molar-refractivity contribution in [3.63, 3.8) is 0 Å². The third-order valence-electron chi connectivity index (χ3n) is 4.00. The van der Waals surface area contributed by atoms with E-state index in [0.717, 1.165) is 25.7 Å². The fourth-order valence-electron chi connectivity index (χ4n) is 2.99. The van der Waals surface area contributed by atoms with E-state index in [0.29, 0.717) is 25.6 Å². The molecule has 0 spiro atoms. The largest absolute Gasteiger partial charge is 0.391 e. The van der Waals surface area contributed by atoms with Gasteiger partial charge in [-0.2, -0.15) is 0 Å². The molecule has 1 saturated heterocycles. The van der Waals surface area contributed by atoms with Gasteiger partial charge >= 0.3 is 0 Å². The summed E-state index contributed by atoms with van der Waals surface area (Å²) in [5.41, 5.74) is 5.74. The standard InChI is InChI=1S/C12H22N2O2/c13-7-9-3-1-2-4-11(9)12(16)14-6-5-10(15)8-14/h9-11,15H,1-8,13H2/t9?,10-,11?/m1/s1. The minimum absolute atomic E-state index is 0.115. The normalized spacial score (nSPS) is 35.4. The lowest BCUT2D eigenvalue weighted by atomic mass is 9.78. The van der Waals surface area contributed by atoms with Crippen molar-refractivity contribution in [2.24, 2.45) is 17.6 Å². The summed E-state index contributed by atoms with van der Waals surface area (Å²) in [5, 5.41) is 9.45. The molecule has 4 heteroatoms. The van der Waals surface area contributed by atoms with Crippen molar-refractivity contribution in [1.29, 1.82) is 0 Å². The SMILES string of the molecule is NCC1CCCCC1C(=O)N1CC[C@@H](O)C1. The van der Waals surface area contributed by atoms with Gasteiger partial charge in [0.25, 0.3) is 0 Å². The number of nitrogens with two attached hydrogens (primary N) is 1. The first-order chi connectivity index (χ1) is 7.72. The Bertz CT molecular complexity index is 257. The molecule has 92 valence electrons. The topological polar surface area (TPSA) is 66.6 Å². The van der Waals surface area contributed by atoms with Crippen LogP contribution in [0, 0.1) is 11.8 Å². The third-order valence-corrected chi connectivity index (χ3v) is 4.00. The molecule has 2 unspecified atom stereocenters. The second-order valence-electron chi connectivity index (χ2n) is 5.11. The zero-order chi connectivity index (χ0) is 11.5. The number of amides is 1. The molecule has 1 saturated carbocycles. The van der Waals surface area contributed by atoms with E-state index in [1.54, 1.807) is 0 Å². The van der Waals surface area contributed by atoms with E-state index in [-0.39, 0.29) is 17.9 Å². The summed E-state index contributed by atoms with van der Waals surface area (Å²) in [6.07, 6.45) is 4.82. The summed E-state index contributed by atoms with van der Waals surface area (Å²) in [7, 11) is 0. The van der Waals surface area contributed by atoms with Crippen molar-refractivity contribution >= 4 is 5.91 Å². The number of hydrogen-bond donors (Lipinski definition) is 2. The Morgan fingerprint density at radius 1 is 1.31 bits per heavy atom. The van der Waals surface area contributed by atoms with Crippen LogP contribution in [0.1, 0.15) is 32.1 Å². The van der Waals surface area contributed by atoms with E-state index in [1.807, 2.05) is 4.90 Å². The molecule has 4 nitrogen and oxygen atoms in total. The van der Waals surface area contributed by atoms with Crippen LogP contribution >= 0.6 is 0 Å². The van der Waals surface area contributed by atoms with E-state index in [9.17, 15) is 9.90 Å². The Kier molecular flexibility index (Phi) is 3.82. The van der Waals surface area contributed by atoms with Crippen LogP contribution in [0.3, 0.4) is 0 Å². The monoisotopic (exact) mass is 226 g/mol. The maximum atomic E-state index is 12.3. The molecule has 0 aromatic rings. The Balaban J connectivity index is 1.96. The van der Waals surface area contributed by atoms with E-state index in [1.165, 1.54) is 6.42 Å². The van der Waals surface area contributed by atoms with Crippen LogP contribution in [-0.2, 0) is 4.79 Å². The van der Waals surface area contributed by atoms with Gasteiger partial charge in [-0.1, -0.05) is 12.8 Å². The molecule has 1 aliphatic carbocycles. The first-order valence-electron chi connectivity index (χ1n) is 6.39. The molecule has 3 atom stereocenters. The molecule has 2 rings (SSSR count). The van der Waals surface area contributed by atoms with Crippen LogP contribution in [0.2, 0.25) is 0 Å². The van der Waals surface area contributed by atoms with Crippen molar-refractivity contribution in [2.45, 2.75) is 38.2 Å². The smallest absolute Gasteiger partial charge is 0.226 e. The molecule has 2 aliphatic rings. The van der Waals surface area contributed by atoms with Gasteiger partial charge in [0.05, 0.1) is 6.10 Å². The Labute approximate surface area is 96.8 Å². The number of aliphatic hydroxyl groups is 1. The zero-order valence-corrected chi connectivity index (χ0v) is 9.77. The van der Waals surface area contributed by atoms with Gasteiger partial charge in [0.2, 0.25) is 5.91 Å². The van der Waals surface area contributed by atoms with Gasteiger partial charge in [0, 0.05) is 19.0 Å². The Morgan fingerprint density at radius 2 is 2.06 bits per heavy atom. The summed E-state index contributed by atoms with van der Waals surface area (Å²) in [4.78, 5) is 14.1. The molecule has 0 aromatic carbocycles. The summed E-state index contributed by atoms with van der Waals surface area (Å²) < 4.78 is 0. The zero-order valence-electron chi connectivity index (χ0n) is 9.77. The molecule has 0 aromatic heterocycles. The molecule has 0 radical (unpaired) electrons. The molecule has 1 heterocycles. The van der Waals surface area contributed by atoms with Gasteiger partial charge in [0.1, 0.15) is 0 Å². The molecular formula is C12H22N2O2. The number of hydrogen-bond acceptors (Lipinski definition) is 3. The fraction of sp³-hybridized carbons (Fsp3) is 0.917. The Hall–Kier alpha value is -0.610. The van der Waals surface area contributed by atoms with Crippen molar-refractivity contribution in [2.75, 3.05) is 19.6 Å². The lowest BCUT2D eigenvalue weighted by Crippen LogP contribution is -2.41. The lowest BCUT2D eigenvalue weighted by Gasteiger charge is -2.32. The van der Waals surface area contributed by atoms with Gasteiger partial charge < -0.3 is 15.7 Å². The van der Waals surface area contributed by atoms with E-state index in [4.69, 9.17) is 5.73 Å². The molecular weight excluding hydrogens is 204 g/mol. The third kappa shape index (κ3) is 2.38. The number of carbonyl (C=O) groups is 1. The van der Waals surface area contributed by atoms with Crippen molar-refractivity contribution < 1.29 is 9.90 Å². The number of aliphatic hydroxyl groups excluding tert-OH is 1. The molecule has 0 bridgehead atoms. The highest BCUT2D eigenvalue weighted by molar-refractivity contribution is 5.79. The van der Waals surface area contributed by atoms with E-state index in [2.05, 4.69) is 0 Å². The van der Waals surface area contributed by atoms with Crippen molar-refractivity contribution in [3.8, 4) is 0 Å². The summed E-state index contributed by atoms with van der Waals surface area (Å²) in [6, 6.07) is 0. The molecule has 2 fully saturated rings. The minimum Gasteiger partial charge on any atom is -0.391 e. The van der Waals surface area contributed by atoms with E-state index >= 15 is 0 Å². The highest BCUT2D eigenvalue weighted by Crippen LogP contribution is 2.31. The highest BCUT2D eigenvalue weighted by Gasteiger charge is 2.35. The number of β-amino-alcohol motifs (C(OH)–C–C–N with tert-alkyl or cyclic N) is 1. The van der Waals surface area contributed by atoms with Gasteiger partial charge in [-0.25, -0.2) is 0 Å². The Morgan fingerprint density at radius 3 is 2.69 bits per heavy atom. The van der Waals surface area contributed by atoms with Gasteiger partial charge in [-0.3, -0.25) is 4.79 Å². The molecule has 1 amide bonds. The number of likely N-dealkylation sites (tertiary alicyclic amines) is 1. The second-order valence-corrected chi connectivity index (χ2v) is 5.11. The van der Waals surface area contributed by atoms with Crippen LogP contribution in [0.5, 0.6) is 0 Å². The number of nitrogens with zero attached hydrogens (tertiary/aromatic N) is 1. The van der Waals surface area contributed by atoms with Crippen LogP contribution in [0.15, 0.2) is 0 Å². The van der Waals surface area contributed by atoms with Crippen LogP contribution in [-0.4, -0.2) is 41.7 Å². The fourth-order valence-corrected chi connectivity index (χ4v) is 2.99. The van der Waals surface area contributed by atoms with Crippen LogP contribution < -0.4 is 5.73 Å². The molecule has 16 heavy (non-hydrogen) atoms. The van der Waals surface area contributed by atoms with Gasteiger partial charge in [0.15, 0.2) is 0 Å². The van der Waals surface area contributed by atoms with E-state index < -0.39 is 0 Å². The molecule has 1 aliphatic heterocycles. The maximum absolute atomic E-state index is 12.3. The summed E-state index contributed by atoms with van der Waals surface area (Å²) >= 11 is 0. The first-order valence-corrected chi connectivity index (χ1v) is 6.39. The maximum Gasteiger partial charge on any atom is 0.226 e. The van der Waals surface area contributed by atoms with Crippen LogP contribution in [0.25, 0.3) is 0 Å². The van der Waals surface area contributed by atoms with Crippen molar-refractivity contribution in [3.05, 3.63) is 0 Å². The predicted octanol–water partition coefficient (Wildman–Crippen LogP) is 0.345. The lowest BCUT2D eigenvalue weighted by molar-refractivity contribution is -0.137. The van der Waals surface area contributed by atoms with Gasteiger partial charge in [-0.05, 0) is 31.7 Å². The number of rotatable bonds is 2. The van der Waals surface area contributed by atoms with Gasteiger partial charge in [-0.15, -0.1) is 0 Å². The molecule has 3 N–H and O–H groups in total. The highest BCUT2D eigenvalue weighted by atomic mass is 16.3. The minimum atomic E-state index is -0.316. The average molecular weight is 226 g/mol. The number of carbonyl (C=O) groups excluding carboxylic acids is 1. The summed E-state index contributed by atoms with van der Waals surface area (Å²) in [5.74, 6) is 0.703. The summed E-state index contributed by atoms with van der Waals surface area (Å²) in [6.45, 7) is 1.85. The quantitative estimate of drug-likeness (QED) is 0.714. The average Bonchev–Trinajstić information content (AvgIpc) is 2.75. The van der Waals surface area contributed by atoms with Crippen LogP contribution in [0.4, 0.5) is 0 Å². The predicted molar refractivity (Wildman–Crippen MR) is 61.7 cm³/mol.